The molecule has 1 nitrogen and oxygen atoms in total. The van der Waals surface area contributed by atoms with Crippen LogP contribution in [0.15, 0.2) is 42.5 Å². The monoisotopic (exact) mass is 227 g/mol. The second kappa shape index (κ2) is 3.88. The molecule has 2 aromatic rings. The van der Waals surface area contributed by atoms with Gasteiger partial charge in [0.15, 0.2) is 0 Å². The largest absolute Gasteiger partial charge is 0.378 e. The molecule has 1 aliphatic rings. The normalized spacial score (nSPS) is 17.6. The van der Waals surface area contributed by atoms with Gasteiger partial charge in [-0.25, -0.2) is 4.39 Å². The number of anilines is 1. The third-order valence-electron chi connectivity index (χ3n) is 3.27. The molecule has 0 aromatic heterocycles. The van der Waals surface area contributed by atoms with Crippen LogP contribution in [0.1, 0.15) is 22.7 Å². The number of nitrogens with one attached hydrogen (secondary N) is 1. The Balaban J connectivity index is 1.91. The molecular formula is C15H14FN. The van der Waals surface area contributed by atoms with Gasteiger partial charge in [-0.2, -0.15) is 0 Å². The van der Waals surface area contributed by atoms with Crippen LogP contribution in [0.3, 0.4) is 0 Å². The molecular weight excluding hydrogens is 213 g/mol. The van der Waals surface area contributed by atoms with Gasteiger partial charge in [0.2, 0.25) is 0 Å². The average Bonchev–Trinajstić information content (AvgIpc) is 2.72. The number of hydrogen-bond acceptors (Lipinski definition) is 1. The molecule has 0 saturated carbocycles. The van der Waals surface area contributed by atoms with Crippen molar-refractivity contribution < 1.29 is 4.39 Å². The minimum Gasteiger partial charge on any atom is -0.378 e. The van der Waals surface area contributed by atoms with E-state index in [-0.39, 0.29) is 11.9 Å². The van der Waals surface area contributed by atoms with Crippen LogP contribution in [-0.4, -0.2) is 0 Å². The van der Waals surface area contributed by atoms with Gasteiger partial charge in [0.05, 0.1) is 6.04 Å². The molecule has 0 saturated heterocycles. The topological polar surface area (TPSA) is 12.0 Å². The van der Waals surface area contributed by atoms with Crippen molar-refractivity contribution in [3.05, 3.63) is 65.0 Å². The van der Waals surface area contributed by atoms with Gasteiger partial charge in [-0.05, 0) is 42.7 Å². The highest BCUT2D eigenvalue weighted by atomic mass is 19.1. The first-order valence-corrected chi connectivity index (χ1v) is 5.84. The standard InChI is InChI=1S/C15H14FN/c1-10-5-6-14-12(7-10)9-15(17-14)11-3-2-4-13(16)8-11/h2-8,15,17H,9H2,1H3. The van der Waals surface area contributed by atoms with Crippen LogP contribution in [0.5, 0.6) is 0 Å². The maximum Gasteiger partial charge on any atom is 0.123 e. The minimum absolute atomic E-state index is 0.170. The van der Waals surface area contributed by atoms with Crippen LogP contribution in [-0.2, 0) is 6.42 Å². The molecule has 0 bridgehead atoms. The molecule has 0 radical (unpaired) electrons. The minimum atomic E-state index is -0.170. The summed E-state index contributed by atoms with van der Waals surface area (Å²) in [4.78, 5) is 0. The average molecular weight is 227 g/mol. The van der Waals surface area contributed by atoms with Crippen molar-refractivity contribution in [2.75, 3.05) is 5.32 Å². The van der Waals surface area contributed by atoms with E-state index in [0.717, 1.165) is 12.0 Å². The molecule has 1 heterocycles. The van der Waals surface area contributed by atoms with Crippen molar-refractivity contribution in [3.8, 4) is 0 Å². The lowest BCUT2D eigenvalue weighted by molar-refractivity contribution is 0.623. The van der Waals surface area contributed by atoms with Gasteiger partial charge in [-0.1, -0.05) is 29.8 Å². The molecule has 3 rings (SSSR count). The fourth-order valence-electron chi connectivity index (χ4n) is 2.42. The third kappa shape index (κ3) is 1.91. The Morgan fingerprint density at radius 3 is 2.88 bits per heavy atom. The van der Waals surface area contributed by atoms with E-state index < -0.39 is 0 Å². The molecule has 86 valence electrons. The lowest BCUT2D eigenvalue weighted by Gasteiger charge is -2.11. The van der Waals surface area contributed by atoms with Crippen molar-refractivity contribution in [2.45, 2.75) is 19.4 Å². The second-order valence-corrected chi connectivity index (χ2v) is 4.62. The molecule has 1 atom stereocenters. The van der Waals surface area contributed by atoms with Crippen molar-refractivity contribution in [1.29, 1.82) is 0 Å². The second-order valence-electron chi connectivity index (χ2n) is 4.62. The summed E-state index contributed by atoms with van der Waals surface area (Å²) in [6.07, 6.45) is 0.931. The van der Waals surface area contributed by atoms with E-state index in [1.807, 2.05) is 6.07 Å². The Morgan fingerprint density at radius 1 is 1.18 bits per heavy atom. The Bertz CT molecular complexity index is 563. The van der Waals surface area contributed by atoms with Gasteiger partial charge in [0, 0.05) is 5.69 Å². The fourth-order valence-corrected chi connectivity index (χ4v) is 2.42. The van der Waals surface area contributed by atoms with Crippen LogP contribution in [0.2, 0.25) is 0 Å². The first kappa shape index (κ1) is 10.3. The molecule has 1 N–H and O–H groups in total. The SMILES string of the molecule is Cc1ccc2c(c1)CC(c1cccc(F)c1)N2. The van der Waals surface area contributed by atoms with E-state index in [0.29, 0.717) is 0 Å². The van der Waals surface area contributed by atoms with Gasteiger partial charge in [-0.3, -0.25) is 0 Å². The Morgan fingerprint density at radius 2 is 2.06 bits per heavy atom. The Labute approximate surface area is 100 Å². The zero-order valence-corrected chi connectivity index (χ0v) is 9.70. The Kier molecular flexibility index (Phi) is 2.36. The van der Waals surface area contributed by atoms with Crippen molar-refractivity contribution >= 4 is 5.69 Å². The summed E-state index contributed by atoms with van der Waals surface area (Å²) in [5.41, 5.74) is 4.77. The number of fused-ring (bicyclic) bond motifs is 1. The van der Waals surface area contributed by atoms with Crippen LogP contribution in [0, 0.1) is 12.7 Å². The predicted molar refractivity (Wildman–Crippen MR) is 67.6 cm³/mol. The summed E-state index contributed by atoms with van der Waals surface area (Å²) in [7, 11) is 0. The van der Waals surface area contributed by atoms with Gasteiger partial charge >= 0.3 is 0 Å². The number of aryl methyl sites for hydroxylation is 1. The van der Waals surface area contributed by atoms with E-state index in [9.17, 15) is 4.39 Å². The first-order chi connectivity index (χ1) is 8.22. The molecule has 2 heteroatoms. The number of hydrogen-bond donors (Lipinski definition) is 1. The van der Waals surface area contributed by atoms with Gasteiger partial charge in [0.1, 0.15) is 5.82 Å². The predicted octanol–water partition coefficient (Wildman–Crippen LogP) is 3.84. The van der Waals surface area contributed by atoms with Crippen LogP contribution in [0.4, 0.5) is 10.1 Å². The molecule has 0 spiro atoms. The smallest absolute Gasteiger partial charge is 0.123 e. The summed E-state index contributed by atoms with van der Waals surface area (Å²) >= 11 is 0. The summed E-state index contributed by atoms with van der Waals surface area (Å²) < 4.78 is 13.2. The lowest BCUT2D eigenvalue weighted by Crippen LogP contribution is -2.05. The van der Waals surface area contributed by atoms with Crippen LogP contribution >= 0.6 is 0 Å². The highest BCUT2D eigenvalue weighted by Gasteiger charge is 2.21. The summed E-state index contributed by atoms with van der Waals surface area (Å²) in [5.74, 6) is -0.170. The molecule has 2 aromatic carbocycles. The van der Waals surface area contributed by atoms with Crippen molar-refractivity contribution in [1.82, 2.24) is 0 Å². The van der Waals surface area contributed by atoms with Crippen LogP contribution in [0.25, 0.3) is 0 Å². The molecule has 0 amide bonds. The van der Waals surface area contributed by atoms with Crippen molar-refractivity contribution in [2.24, 2.45) is 0 Å². The summed E-state index contributed by atoms with van der Waals surface area (Å²) in [6, 6.07) is 13.4. The first-order valence-electron chi connectivity index (χ1n) is 5.84. The van der Waals surface area contributed by atoms with E-state index in [4.69, 9.17) is 0 Å². The number of benzene rings is 2. The third-order valence-corrected chi connectivity index (χ3v) is 3.27. The molecule has 0 aliphatic carbocycles. The van der Waals surface area contributed by atoms with Crippen LogP contribution < -0.4 is 5.32 Å². The molecule has 17 heavy (non-hydrogen) atoms. The number of halogens is 1. The lowest BCUT2D eigenvalue weighted by atomic mass is 10.0. The molecule has 1 unspecified atom stereocenters. The van der Waals surface area contributed by atoms with Gasteiger partial charge < -0.3 is 5.32 Å². The van der Waals surface area contributed by atoms with Gasteiger partial charge in [0.25, 0.3) is 0 Å². The number of rotatable bonds is 1. The summed E-state index contributed by atoms with van der Waals surface area (Å²) in [6.45, 7) is 2.09. The maximum absolute atomic E-state index is 13.2. The molecule has 1 aliphatic heterocycles. The van der Waals surface area contributed by atoms with E-state index in [2.05, 4.69) is 30.4 Å². The summed E-state index contributed by atoms with van der Waals surface area (Å²) in [5, 5.41) is 3.44. The Hall–Kier alpha value is -1.83. The maximum atomic E-state index is 13.2. The fraction of sp³-hybridized carbons (Fsp3) is 0.200. The zero-order chi connectivity index (χ0) is 11.8. The van der Waals surface area contributed by atoms with E-state index >= 15 is 0 Å². The van der Waals surface area contributed by atoms with E-state index in [1.165, 1.54) is 22.9 Å². The van der Waals surface area contributed by atoms with Crippen molar-refractivity contribution in [3.63, 3.8) is 0 Å². The highest BCUT2D eigenvalue weighted by Crippen LogP contribution is 2.34. The zero-order valence-electron chi connectivity index (χ0n) is 9.70. The highest BCUT2D eigenvalue weighted by molar-refractivity contribution is 5.59. The van der Waals surface area contributed by atoms with Gasteiger partial charge in [-0.15, -0.1) is 0 Å². The molecule has 0 fully saturated rings. The quantitative estimate of drug-likeness (QED) is 0.780. The van der Waals surface area contributed by atoms with E-state index in [1.54, 1.807) is 12.1 Å².